The first kappa shape index (κ1) is 12.7. The first-order valence-corrected chi connectivity index (χ1v) is 5.31. The second-order valence-corrected chi connectivity index (χ2v) is 3.88. The number of halogens is 1. The fraction of sp³-hybridized carbons (Fsp3) is 0.273. The molecule has 0 bridgehead atoms. The van der Waals surface area contributed by atoms with Crippen LogP contribution in [0.2, 0.25) is 0 Å². The number of methoxy groups -OCH3 is 1. The van der Waals surface area contributed by atoms with Crippen molar-refractivity contribution >= 4 is 21.9 Å². The van der Waals surface area contributed by atoms with Crippen molar-refractivity contribution in [1.29, 1.82) is 5.26 Å². The van der Waals surface area contributed by atoms with Crippen molar-refractivity contribution in [2.45, 2.75) is 13.0 Å². The molecule has 0 aliphatic rings. The number of nitrogens with zero attached hydrogens (tertiary/aromatic N) is 1. The zero-order valence-electron chi connectivity index (χ0n) is 8.66. The number of carbonyl (C=O) groups excluding carboxylic acids is 1. The molecule has 0 heterocycles. The van der Waals surface area contributed by atoms with Crippen molar-refractivity contribution in [2.75, 3.05) is 7.11 Å². The van der Waals surface area contributed by atoms with Crippen molar-refractivity contribution in [3.05, 3.63) is 33.3 Å². The van der Waals surface area contributed by atoms with Crippen molar-refractivity contribution < 1.29 is 14.6 Å². The molecule has 1 aromatic rings. The van der Waals surface area contributed by atoms with Crippen molar-refractivity contribution in [3.63, 3.8) is 0 Å². The third-order valence-electron chi connectivity index (χ3n) is 2.16. The molecule has 0 aromatic heterocycles. The minimum absolute atomic E-state index is 0.00775. The number of aliphatic hydroxyl groups is 1. The number of aliphatic hydroxyl groups excluding tert-OH is 1. The fourth-order valence-electron chi connectivity index (χ4n) is 1.29. The molecule has 0 aliphatic carbocycles. The van der Waals surface area contributed by atoms with Gasteiger partial charge in [-0.15, -0.1) is 0 Å². The molecule has 1 N–H and O–H groups in total. The molecule has 4 nitrogen and oxygen atoms in total. The molecule has 0 unspecified atom stereocenters. The van der Waals surface area contributed by atoms with Gasteiger partial charge in [-0.25, -0.2) is 0 Å². The topological polar surface area (TPSA) is 70.3 Å². The van der Waals surface area contributed by atoms with Crippen LogP contribution in [0.15, 0.2) is 16.6 Å². The van der Waals surface area contributed by atoms with Gasteiger partial charge in [0.1, 0.15) is 0 Å². The number of rotatable bonds is 3. The molecule has 1 rings (SSSR count). The van der Waals surface area contributed by atoms with Gasteiger partial charge >= 0.3 is 5.97 Å². The summed E-state index contributed by atoms with van der Waals surface area (Å²) in [5, 5.41) is 18.0. The summed E-state index contributed by atoms with van der Waals surface area (Å²) in [6, 6.07) is 5.22. The van der Waals surface area contributed by atoms with Gasteiger partial charge in [-0.1, -0.05) is 22.0 Å². The molecule has 0 atom stereocenters. The Labute approximate surface area is 102 Å². The van der Waals surface area contributed by atoms with Crippen molar-refractivity contribution in [3.8, 4) is 6.07 Å². The lowest BCUT2D eigenvalue weighted by atomic mass is 10.0. The summed E-state index contributed by atoms with van der Waals surface area (Å²) in [6.45, 7) is -0.152. The molecule has 84 valence electrons. The number of hydrogen-bond donors (Lipinski definition) is 1. The van der Waals surface area contributed by atoms with Crippen LogP contribution in [0.5, 0.6) is 0 Å². The highest BCUT2D eigenvalue weighted by Crippen LogP contribution is 2.26. The Balaban J connectivity index is 3.22. The van der Waals surface area contributed by atoms with E-state index < -0.39 is 5.97 Å². The van der Waals surface area contributed by atoms with E-state index in [1.165, 1.54) is 7.11 Å². The highest BCUT2D eigenvalue weighted by atomic mass is 79.9. The molecule has 16 heavy (non-hydrogen) atoms. The molecule has 0 fully saturated rings. The van der Waals surface area contributed by atoms with E-state index in [1.807, 2.05) is 6.07 Å². The van der Waals surface area contributed by atoms with Crippen LogP contribution in [0.25, 0.3) is 0 Å². The van der Waals surface area contributed by atoms with E-state index in [4.69, 9.17) is 10.4 Å². The van der Waals surface area contributed by atoms with Gasteiger partial charge in [0, 0.05) is 4.47 Å². The van der Waals surface area contributed by atoms with E-state index in [9.17, 15) is 4.79 Å². The maximum atomic E-state index is 11.2. The largest absolute Gasteiger partial charge is 0.469 e. The fourth-order valence-corrected chi connectivity index (χ4v) is 1.90. The second-order valence-electron chi connectivity index (χ2n) is 3.09. The molecule has 1 aromatic carbocycles. The van der Waals surface area contributed by atoms with E-state index in [0.717, 1.165) is 0 Å². The molecule has 0 saturated carbocycles. The number of esters is 1. The predicted octanol–water partition coefficient (Wildman–Crippen LogP) is 1.53. The predicted molar refractivity (Wildman–Crippen MR) is 60.5 cm³/mol. The standard InChI is InChI=1S/C11H10BrNO3/c1-16-10(15)4-9-7(5-13)2-3-8(6-14)11(9)12/h2-3,14H,4,6H2,1H3. The maximum Gasteiger partial charge on any atom is 0.310 e. The van der Waals surface area contributed by atoms with Gasteiger partial charge in [-0.3, -0.25) is 4.79 Å². The number of carbonyl (C=O) groups is 1. The van der Waals surface area contributed by atoms with Crippen molar-refractivity contribution in [1.82, 2.24) is 0 Å². The van der Waals surface area contributed by atoms with Gasteiger partial charge < -0.3 is 9.84 Å². The number of benzene rings is 1. The molecule has 0 saturated heterocycles. The average Bonchev–Trinajstić information content (AvgIpc) is 2.31. The highest BCUT2D eigenvalue weighted by Gasteiger charge is 2.14. The lowest BCUT2D eigenvalue weighted by Gasteiger charge is -2.09. The lowest BCUT2D eigenvalue weighted by molar-refractivity contribution is -0.139. The Bertz CT molecular complexity index is 451. The smallest absolute Gasteiger partial charge is 0.310 e. The molecule has 0 radical (unpaired) electrons. The van der Waals surface area contributed by atoms with Crippen LogP contribution in [0, 0.1) is 11.3 Å². The molecular weight excluding hydrogens is 274 g/mol. The van der Waals surface area contributed by atoms with Gasteiger partial charge in [0.15, 0.2) is 0 Å². The normalized spacial score (nSPS) is 9.62. The van der Waals surface area contributed by atoms with E-state index in [0.29, 0.717) is 21.2 Å². The van der Waals surface area contributed by atoms with E-state index in [2.05, 4.69) is 20.7 Å². The van der Waals surface area contributed by atoms with Crippen LogP contribution < -0.4 is 0 Å². The average molecular weight is 284 g/mol. The quantitative estimate of drug-likeness (QED) is 0.854. The molecule has 0 spiro atoms. The summed E-state index contributed by atoms with van der Waals surface area (Å²) < 4.78 is 5.13. The second kappa shape index (κ2) is 5.64. The SMILES string of the molecule is COC(=O)Cc1c(C#N)ccc(CO)c1Br. The summed E-state index contributed by atoms with van der Waals surface area (Å²) in [6.07, 6.45) is 0.00775. The molecular formula is C11H10BrNO3. The Kier molecular flexibility index (Phi) is 4.47. The van der Waals surface area contributed by atoms with Crippen LogP contribution in [0.3, 0.4) is 0 Å². The Morgan fingerprint density at radius 1 is 1.62 bits per heavy atom. The monoisotopic (exact) mass is 283 g/mol. The third kappa shape index (κ3) is 2.60. The van der Waals surface area contributed by atoms with Crippen LogP contribution in [-0.2, 0) is 22.6 Å². The van der Waals surface area contributed by atoms with Gasteiger partial charge in [-0.2, -0.15) is 5.26 Å². The molecule has 5 heteroatoms. The first-order chi connectivity index (χ1) is 7.63. The van der Waals surface area contributed by atoms with Crippen LogP contribution in [-0.4, -0.2) is 18.2 Å². The molecule has 0 amide bonds. The maximum absolute atomic E-state index is 11.2. The Morgan fingerprint density at radius 2 is 2.31 bits per heavy atom. The van der Waals surface area contributed by atoms with E-state index >= 15 is 0 Å². The van der Waals surface area contributed by atoms with E-state index in [1.54, 1.807) is 12.1 Å². The lowest BCUT2D eigenvalue weighted by Crippen LogP contribution is -2.08. The van der Waals surface area contributed by atoms with Gasteiger partial charge in [0.25, 0.3) is 0 Å². The number of ether oxygens (including phenoxy) is 1. The zero-order chi connectivity index (χ0) is 12.1. The first-order valence-electron chi connectivity index (χ1n) is 4.52. The highest BCUT2D eigenvalue weighted by molar-refractivity contribution is 9.10. The van der Waals surface area contributed by atoms with Gasteiger partial charge in [0.05, 0.1) is 31.8 Å². The summed E-state index contributed by atoms with van der Waals surface area (Å²) in [5.74, 6) is -0.424. The summed E-state index contributed by atoms with van der Waals surface area (Å²) >= 11 is 3.27. The zero-order valence-corrected chi connectivity index (χ0v) is 10.2. The minimum Gasteiger partial charge on any atom is -0.469 e. The Morgan fingerprint density at radius 3 is 2.81 bits per heavy atom. The molecule has 0 aliphatic heterocycles. The van der Waals surface area contributed by atoms with Gasteiger partial charge in [-0.05, 0) is 17.2 Å². The summed E-state index contributed by atoms with van der Waals surface area (Å²) in [7, 11) is 1.29. The van der Waals surface area contributed by atoms with Crippen LogP contribution >= 0.6 is 15.9 Å². The summed E-state index contributed by atoms with van der Waals surface area (Å²) in [4.78, 5) is 11.2. The summed E-state index contributed by atoms with van der Waals surface area (Å²) in [5.41, 5.74) is 1.58. The number of hydrogen-bond acceptors (Lipinski definition) is 4. The van der Waals surface area contributed by atoms with Gasteiger partial charge in [0.2, 0.25) is 0 Å². The Hall–Kier alpha value is -1.38. The minimum atomic E-state index is -0.424. The van der Waals surface area contributed by atoms with E-state index in [-0.39, 0.29) is 13.0 Å². The van der Waals surface area contributed by atoms with Crippen molar-refractivity contribution in [2.24, 2.45) is 0 Å². The third-order valence-corrected chi connectivity index (χ3v) is 3.15. The van der Waals surface area contributed by atoms with Crippen LogP contribution in [0.1, 0.15) is 16.7 Å². The van der Waals surface area contributed by atoms with Crippen LogP contribution in [0.4, 0.5) is 0 Å². The number of nitriles is 1.